The average Bonchev–Trinajstić information content (AvgIpc) is 2.55. The normalized spacial score (nSPS) is 10.3. The van der Waals surface area contributed by atoms with Gasteiger partial charge in [0.2, 0.25) is 0 Å². The number of carbonyl (C=O) groups is 1. The third-order valence-corrected chi connectivity index (χ3v) is 3.73. The maximum atomic E-state index is 11.5. The lowest BCUT2D eigenvalue weighted by atomic mass is 10.00. The van der Waals surface area contributed by atoms with Crippen LogP contribution in [0.5, 0.6) is 0 Å². The number of ketones is 1. The Morgan fingerprint density at radius 2 is 1.50 bits per heavy atom. The Morgan fingerprint density at radius 3 is 1.86 bits per heavy atom. The van der Waals surface area contributed by atoms with Gasteiger partial charge in [-0.25, -0.2) is 0 Å². The highest BCUT2D eigenvalue weighted by molar-refractivity contribution is 6.44. The largest absolute Gasteiger partial charge is 0.294 e. The molecule has 0 atom stereocenters. The first-order valence-corrected chi connectivity index (χ1v) is 8.29. The van der Waals surface area contributed by atoms with Crippen molar-refractivity contribution in [1.82, 2.24) is 0 Å². The monoisotopic (exact) mass is 336 g/mol. The van der Waals surface area contributed by atoms with Crippen molar-refractivity contribution in [3.8, 4) is 0 Å². The van der Waals surface area contributed by atoms with Gasteiger partial charge in [-0.3, -0.25) is 4.79 Å². The molecule has 22 heavy (non-hydrogen) atoms. The summed E-state index contributed by atoms with van der Waals surface area (Å²) in [5.41, 5.74) is 3.05. The number of aryl methyl sites for hydroxylation is 1. The highest BCUT2D eigenvalue weighted by Crippen LogP contribution is 2.23. The van der Waals surface area contributed by atoms with Gasteiger partial charge in [-0.1, -0.05) is 75.4 Å². The molecule has 0 aliphatic rings. The molecule has 0 bridgehead atoms. The molecule has 0 aliphatic heterocycles. The summed E-state index contributed by atoms with van der Waals surface area (Å²) < 4.78 is 0. The molecule has 1 nitrogen and oxygen atoms in total. The van der Waals surface area contributed by atoms with E-state index in [2.05, 4.69) is 6.92 Å². The summed E-state index contributed by atoms with van der Waals surface area (Å²) in [6.45, 7) is 5.96. The predicted octanol–water partition coefficient (Wildman–Crippen LogP) is 6.25. The zero-order valence-electron chi connectivity index (χ0n) is 13.2. The van der Waals surface area contributed by atoms with Gasteiger partial charge >= 0.3 is 0 Å². The van der Waals surface area contributed by atoms with Crippen molar-refractivity contribution in [2.24, 2.45) is 5.92 Å². The Kier molecular flexibility index (Phi) is 8.22. The van der Waals surface area contributed by atoms with Crippen LogP contribution in [0.25, 0.3) is 0 Å². The van der Waals surface area contributed by atoms with Crippen LogP contribution in [0.3, 0.4) is 0 Å². The van der Waals surface area contributed by atoms with Crippen LogP contribution in [0.4, 0.5) is 0 Å². The van der Waals surface area contributed by atoms with E-state index < -0.39 is 4.84 Å². The first-order valence-electron chi connectivity index (χ1n) is 7.42. The molecule has 118 valence electrons. The van der Waals surface area contributed by atoms with E-state index >= 15 is 0 Å². The van der Waals surface area contributed by atoms with Crippen molar-refractivity contribution in [2.45, 2.75) is 32.0 Å². The first-order chi connectivity index (χ1) is 10.5. The van der Waals surface area contributed by atoms with Gasteiger partial charge in [-0.15, -0.1) is 23.2 Å². The lowest BCUT2D eigenvalue weighted by Crippen LogP contribution is -2.06. The molecule has 0 radical (unpaired) electrons. The highest BCUT2D eigenvalue weighted by Gasteiger charge is 2.09. The summed E-state index contributed by atoms with van der Waals surface area (Å²) >= 11 is 11.1. The van der Waals surface area contributed by atoms with Gasteiger partial charge < -0.3 is 0 Å². The molecule has 0 heterocycles. The Bertz CT molecular complexity index is 560. The summed E-state index contributed by atoms with van der Waals surface area (Å²) in [5.74, 6) is 0.315. The van der Waals surface area contributed by atoms with E-state index in [1.807, 2.05) is 68.4 Å². The lowest BCUT2D eigenvalue weighted by Gasteiger charge is -2.04. The second-order valence-corrected chi connectivity index (χ2v) is 6.38. The fraction of sp³-hybridized carbons (Fsp3) is 0.316. The Hall–Kier alpha value is -1.31. The quantitative estimate of drug-likeness (QED) is 0.476. The van der Waals surface area contributed by atoms with Crippen LogP contribution in [-0.2, 0) is 6.42 Å². The second-order valence-electron chi connectivity index (χ2n) is 5.28. The molecule has 0 fully saturated rings. The summed E-state index contributed by atoms with van der Waals surface area (Å²) in [5, 5.41) is 0. The lowest BCUT2D eigenvalue weighted by molar-refractivity contribution is 0.0939. The number of carbonyl (C=O) groups excluding carboxylic acids is 1. The van der Waals surface area contributed by atoms with E-state index in [1.165, 1.54) is 5.56 Å². The number of rotatable bonds is 4. The number of halogens is 2. The molecule has 2 rings (SSSR count). The fourth-order valence-corrected chi connectivity index (χ4v) is 2.13. The zero-order valence-corrected chi connectivity index (χ0v) is 14.7. The van der Waals surface area contributed by atoms with Crippen LogP contribution < -0.4 is 0 Å². The number of hydrogen-bond acceptors (Lipinski definition) is 1. The molecule has 3 heteroatoms. The molecular formula is C19H22Cl2O. The molecule has 0 spiro atoms. The smallest absolute Gasteiger partial charge is 0.165 e. The molecule has 0 aromatic heterocycles. The maximum Gasteiger partial charge on any atom is 0.165 e. The van der Waals surface area contributed by atoms with Crippen LogP contribution in [0.1, 0.15) is 47.1 Å². The summed E-state index contributed by atoms with van der Waals surface area (Å²) in [6, 6.07) is 17.4. The minimum absolute atomic E-state index is 0.0903. The van der Waals surface area contributed by atoms with Crippen molar-refractivity contribution in [1.29, 1.82) is 0 Å². The Labute approximate surface area is 143 Å². The minimum Gasteiger partial charge on any atom is -0.294 e. The number of alkyl halides is 2. The van der Waals surface area contributed by atoms with Gasteiger partial charge in [0, 0.05) is 11.5 Å². The van der Waals surface area contributed by atoms with E-state index in [4.69, 9.17) is 23.2 Å². The fourth-order valence-electron chi connectivity index (χ4n) is 1.84. The highest BCUT2D eigenvalue weighted by atomic mass is 35.5. The van der Waals surface area contributed by atoms with Crippen molar-refractivity contribution < 1.29 is 4.79 Å². The van der Waals surface area contributed by atoms with Crippen LogP contribution >= 0.6 is 23.2 Å². The van der Waals surface area contributed by atoms with Gasteiger partial charge in [-0.05, 0) is 17.5 Å². The van der Waals surface area contributed by atoms with Crippen molar-refractivity contribution in [2.75, 3.05) is 0 Å². The van der Waals surface area contributed by atoms with Crippen LogP contribution in [-0.4, -0.2) is 5.78 Å². The topological polar surface area (TPSA) is 17.1 Å². The second kappa shape index (κ2) is 9.66. The summed E-state index contributed by atoms with van der Waals surface area (Å²) in [6.07, 6.45) is 1.02. The van der Waals surface area contributed by atoms with Gasteiger partial charge in [-0.2, -0.15) is 0 Å². The van der Waals surface area contributed by atoms with E-state index in [0.717, 1.165) is 17.5 Å². The summed E-state index contributed by atoms with van der Waals surface area (Å²) in [7, 11) is 0. The minimum atomic E-state index is -0.397. The predicted molar refractivity (Wildman–Crippen MR) is 95.9 cm³/mol. The van der Waals surface area contributed by atoms with Crippen molar-refractivity contribution >= 4 is 29.0 Å². The summed E-state index contributed by atoms with van der Waals surface area (Å²) in [4.78, 5) is 11.1. The van der Waals surface area contributed by atoms with Gasteiger partial charge in [0.15, 0.2) is 5.78 Å². The average molecular weight is 337 g/mol. The Morgan fingerprint density at radius 1 is 0.955 bits per heavy atom. The van der Waals surface area contributed by atoms with E-state index in [0.29, 0.717) is 0 Å². The van der Waals surface area contributed by atoms with E-state index in [1.54, 1.807) is 0 Å². The van der Waals surface area contributed by atoms with Crippen LogP contribution in [0, 0.1) is 5.92 Å². The molecule has 0 amide bonds. The molecule has 0 N–H and O–H groups in total. The maximum absolute atomic E-state index is 11.5. The third-order valence-electron chi connectivity index (χ3n) is 3.22. The van der Waals surface area contributed by atoms with Crippen molar-refractivity contribution in [3.63, 3.8) is 0 Å². The van der Waals surface area contributed by atoms with Crippen molar-refractivity contribution in [3.05, 3.63) is 71.3 Å². The van der Waals surface area contributed by atoms with E-state index in [9.17, 15) is 4.79 Å². The number of benzene rings is 2. The number of hydrogen-bond donors (Lipinski definition) is 0. The molecule has 0 saturated heterocycles. The van der Waals surface area contributed by atoms with Crippen LogP contribution in [0.15, 0.2) is 54.6 Å². The number of Topliss-reactive ketones (excluding diaryl/α,β-unsaturated/α-hetero) is 1. The molecule has 2 aromatic rings. The molecule has 0 unspecified atom stereocenters. The van der Waals surface area contributed by atoms with Gasteiger partial charge in [0.1, 0.15) is 4.84 Å². The molecule has 0 aliphatic carbocycles. The Balaban J connectivity index is 0.000000235. The molecule has 2 aromatic carbocycles. The zero-order chi connectivity index (χ0) is 16.5. The third kappa shape index (κ3) is 6.21. The van der Waals surface area contributed by atoms with E-state index in [-0.39, 0.29) is 11.7 Å². The van der Waals surface area contributed by atoms with Gasteiger partial charge in [0.25, 0.3) is 0 Å². The first kappa shape index (κ1) is 18.7. The van der Waals surface area contributed by atoms with Gasteiger partial charge in [0.05, 0.1) is 0 Å². The molecular weight excluding hydrogens is 315 g/mol. The SMILES string of the molecule is CCc1ccc(C(=O)C(C)C)cc1.ClC(Cl)c1ccccc1. The van der Waals surface area contributed by atoms with Crippen LogP contribution in [0.2, 0.25) is 0 Å². The molecule has 0 saturated carbocycles. The standard InChI is InChI=1S/C12H16O.C7H6Cl2/c1-4-10-5-7-11(8-6-10)12(13)9(2)3;8-7(9)6-4-2-1-3-5-6/h5-9H,4H2,1-3H3;1-5,7H.